The van der Waals surface area contributed by atoms with E-state index >= 15 is 0 Å². The van der Waals surface area contributed by atoms with Gasteiger partial charge in [-0.25, -0.2) is 13.6 Å². The summed E-state index contributed by atoms with van der Waals surface area (Å²) in [6.45, 7) is 9.00. The third-order valence-corrected chi connectivity index (χ3v) is 11.0. The first-order valence-electron chi connectivity index (χ1n) is 18.5. The maximum absolute atomic E-state index is 14.9. The lowest BCUT2D eigenvalue weighted by molar-refractivity contribution is -0.137. The number of ketones is 2. The number of nitrogens with one attached hydrogen (secondary N) is 2. The number of Topliss-reactive ketones (excluding diaryl/α,β-unsaturated/α-hetero) is 2. The van der Waals surface area contributed by atoms with Gasteiger partial charge in [0.25, 0.3) is 5.82 Å². The van der Waals surface area contributed by atoms with Crippen molar-refractivity contribution in [3.05, 3.63) is 82.1 Å². The van der Waals surface area contributed by atoms with Crippen LogP contribution in [-0.2, 0) is 44.6 Å². The van der Waals surface area contributed by atoms with E-state index < -0.39 is 82.1 Å². The first-order valence-corrected chi connectivity index (χ1v) is 18.5. The second kappa shape index (κ2) is 16.8. The summed E-state index contributed by atoms with van der Waals surface area (Å²) in [7, 11) is 0. The second-order valence-corrected chi connectivity index (χ2v) is 14.5. The van der Waals surface area contributed by atoms with Gasteiger partial charge in [0.2, 0.25) is 11.8 Å². The number of halogens is 5. The Kier molecular flexibility index (Phi) is 12.6. The number of benzene rings is 2. The number of H-pyrrole nitrogens is 1. The fourth-order valence-electron chi connectivity index (χ4n) is 7.38. The number of amides is 1. The number of rotatable bonds is 16. The molecule has 0 bridgehead atoms. The molecule has 2 aromatic carbocycles. The van der Waals surface area contributed by atoms with Crippen LogP contribution >= 0.6 is 0 Å². The molecule has 1 amide bonds. The average Bonchev–Trinajstić information content (AvgIpc) is 3.78. The quantitative estimate of drug-likeness (QED) is 0.0861. The summed E-state index contributed by atoms with van der Waals surface area (Å²) in [6, 6.07) is 7.05. The fraction of sp³-hybridized carbons (Fsp3) is 0.500. The number of aromatic nitrogens is 3. The number of hydrogen-bond acceptors (Lipinski definition) is 8. The van der Waals surface area contributed by atoms with Crippen LogP contribution in [0.5, 0.6) is 0 Å². The number of alkyl halides is 3. The first kappa shape index (κ1) is 41.2. The van der Waals surface area contributed by atoms with Crippen LogP contribution in [0.3, 0.4) is 0 Å². The average molecular weight is 773 g/mol. The molecule has 4 aromatic rings. The van der Waals surface area contributed by atoms with E-state index in [1.54, 1.807) is 13.8 Å². The van der Waals surface area contributed by atoms with Crippen LogP contribution in [0.15, 0.2) is 40.9 Å². The number of esters is 1. The van der Waals surface area contributed by atoms with Gasteiger partial charge in [0.05, 0.1) is 17.7 Å². The standard InChI is InChI=1S/C40H45F5N4O6/c1-6-21(4)25(17-23(50)18-27-30(41)13-10-14-31(27)42)36(52)48-39(16-15-32-28(20-39)24-11-9-12-29(34(24)46-32)40(43,44)45)33(51)19-26(22(5)7-2)37-47-35(49-55-37)38(53)54-8-3/h9-14,21-22,25-26,46H,6-8,15-20H2,1-5H3,(H,48,52)/t21?,22?,25?,26-,39?/m0/s1. The molecule has 10 nitrogen and oxygen atoms in total. The van der Waals surface area contributed by atoms with Crippen LogP contribution in [0, 0.1) is 29.4 Å². The maximum Gasteiger partial charge on any atom is 0.418 e. The van der Waals surface area contributed by atoms with E-state index in [1.165, 1.54) is 18.2 Å². The maximum atomic E-state index is 14.9. The Morgan fingerprint density at radius 3 is 2.29 bits per heavy atom. The van der Waals surface area contributed by atoms with E-state index in [2.05, 4.69) is 20.4 Å². The molecule has 0 aliphatic heterocycles. The topological polar surface area (TPSA) is 144 Å². The number of carbonyl (C=O) groups is 4. The van der Waals surface area contributed by atoms with Gasteiger partial charge in [-0.05, 0) is 60.5 Å². The Hall–Kier alpha value is -4.95. The molecule has 4 unspecified atom stereocenters. The van der Waals surface area contributed by atoms with Crippen molar-refractivity contribution < 1.29 is 50.4 Å². The van der Waals surface area contributed by atoms with Crippen LogP contribution in [0.2, 0.25) is 0 Å². The molecule has 15 heteroatoms. The number of nitrogens with zero attached hydrogens (tertiary/aromatic N) is 2. The number of aryl methyl sites for hydroxylation is 1. The van der Waals surface area contributed by atoms with Gasteiger partial charge in [0.15, 0.2) is 5.78 Å². The van der Waals surface area contributed by atoms with Gasteiger partial charge >= 0.3 is 12.1 Å². The Morgan fingerprint density at radius 2 is 1.65 bits per heavy atom. The molecule has 2 heterocycles. The van der Waals surface area contributed by atoms with Crippen molar-refractivity contribution in [2.75, 3.05) is 6.61 Å². The molecule has 0 saturated heterocycles. The predicted octanol–water partition coefficient (Wildman–Crippen LogP) is 8.02. The normalized spacial score (nSPS) is 17.9. The van der Waals surface area contributed by atoms with Crippen LogP contribution in [-0.4, -0.2) is 50.7 Å². The van der Waals surface area contributed by atoms with Crippen LogP contribution in [0.1, 0.15) is 112 Å². The van der Waals surface area contributed by atoms with Gasteiger partial charge in [0.1, 0.15) is 23.0 Å². The molecule has 2 aromatic heterocycles. The number of ether oxygens (including phenoxy) is 1. The zero-order valence-corrected chi connectivity index (χ0v) is 31.4. The molecular formula is C40H45F5N4O6. The number of fused-ring (bicyclic) bond motifs is 3. The summed E-state index contributed by atoms with van der Waals surface area (Å²) in [5.41, 5.74) is -2.13. The third kappa shape index (κ3) is 8.80. The minimum absolute atomic E-state index is 0.00545. The zero-order valence-electron chi connectivity index (χ0n) is 31.4. The highest BCUT2D eigenvalue weighted by atomic mass is 19.4. The summed E-state index contributed by atoms with van der Waals surface area (Å²) < 4.78 is 81.6. The summed E-state index contributed by atoms with van der Waals surface area (Å²) in [5.74, 6) is -6.96. The minimum atomic E-state index is -4.66. The molecule has 0 saturated carbocycles. The zero-order chi connectivity index (χ0) is 40.2. The van der Waals surface area contributed by atoms with E-state index in [0.717, 1.165) is 18.2 Å². The molecule has 0 radical (unpaired) electrons. The molecule has 1 aliphatic carbocycles. The molecule has 296 valence electrons. The number of aromatic amines is 1. The smallest absolute Gasteiger partial charge is 0.418 e. The Morgan fingerprint density at radius 1 is 0.982 bits per heavy atom. The number of hydrogen-bond donors (Lipinski definition) is 2. The van der Waals surface area contributed by atoms with E-state index in [1.807, 2.05) is 20.8 Å². The third-order valence-electron chi connectivity index (χ3n) is 11.0. The molecule has 2 N–H and O–H groups in total. The Labute approximate surface area is 315 Å². The molecule has 5 atom stereocenters. The van der Waals surface area contributed by atoms with Crippen molar-refractivity contribution in [3.8, 4) is 0 Å². The summed E-state index contributed by atoms with van der Waals surface area (Å²) >= 11 is 0. The van der Waals surface area contributed by atoms with Gasteiger partial charge in [-0.1, -0.05) is 58.7 Å². The van der Waals surface area contributed by atoms with Crippen molar-refractivity contribution in [1.29, 1.82) is 0 Å². The lowest BCUT2D eigenvalue weighted by Gasteiger charge is -2.39. The van der Waals surface area contributed by atoms with Crippen LogP contribution in [0.25, 0.3) is 10.9 Å². The molecule has 5 rings (SSSR count). The lowest BCUT2D eigenvalue weighted by Crippen LogP contribution is -2.59. The van der Waals surface area contributed by atoms with Gasteiger partial charge in [-0.15, -0.1) is 0 Å². The molecular weight excluding hydrogens is 727 g/mol. The summed E-state index contributed by atoms with van der Waals surface area (Å²) in [5, 5.41) is 6.97. The minimum Gasteiger partial charge on any atom is -0.460 e. The molecule has 0 spiro atoms. The number of carbonyl (C=O) groups excluding carboxylic acids is 4. The van der Waals surface area contributed by atoms with E-state index in [9.17, 15) is 41.1 Å². The second-order valence-electron chi connectivity index (χ2n) is 14.5. The van der Waals surface area contributed by atoms with Gasteiger partial charge < -0.3 is 19.6 Å². The van der Waals surface area contributed by atoms with Crippen molar-refractivity contribution in [2.24, 2.45) is 17.8 Å². The lowest BCUT2D eigenvalue weighted by atomic mass is 9.72. The van der Waals surface area contributed by atoms with Crippen LogP contribution < -0.4 is 5.32 Å². The Balaban J connectivity index is 1.53. The van der Waals surface area contributed by atoms with Crippen molar-refractivity contribution in [3.63, 3.8) is 0 Å². The monoisotopic (exact) mass is 772 g/mol. The van der Waals surface area contributed by atoms with Gasteiger partial charge in [-0.3, -0.25) is 14.4 Å². The number of para-hydroxylation sites is 1. The predicted molar refractivity (Wildman–Crippen MR) is 191 cm³/mol. The first-order chi connectivity index (χ1) is 26.0. The Bertz CT molecular complexity index is 2040. The highest BCUT2D eigenvalue weighted by Gasteiger charge is 2.47. The molecule has 0 fully saturated rings. The molecule has 1 aliphatic rings. The van der Waals surface area contributed by atoms with Gasteiger partial charge in [-0.2, -0.15) is 18.2 Å². The molecule has 55 heavy (non-hydrogen) atoms. The SMILES string of the molecule is CCOC(=O)c1noc([C@@H](CC(=O)C2(NC(=O)C(CC(=O)Cc3c(F)cccc3F)C(C)CC)CCc3[nH]c4c(C(F)(F)F)cccc4c3C2)C(C)CC)n1. The fourth-order valence-corrected chi connectivity index (χ4v) is 7.38. The van der Waals surface area contributed by atoms with E-state index in [-0.39, 0.29) is 67.2 Å². The summed E-state index contributed by atoms with van der Waals surface area (Å²) in [6.07, 6.45) is -4.92. The highest BCUT2D eigenvalue weighted by molar-refractivity contribution is 5.97. The largest absolute Gasteiger partial charge is 0.460 e. The van der Waals surface area contributed by atoms with Crippen LogP contribution in [0.4, 0.5) is 22.0 Å². The van der Waals surface area contributed by atoms with E-state index in [0.29, 0.717) is 24.1 Å². The van der Waals surface area contributed by atoms with Crippen molar-refractivity contribution >= 4 is 34.3 Å². The van der Waals surface area contributed by atoms with Gasteiger partial charge in [0, 0.05) is 54.2 Å². The summed E-state index contributed by atoms with van der Waals surface area (Å²) in [4.78, 5) is 62.1. The van der Waals surface area contributed by atoms with Crippen molar-refractivity contribution in [2.45, 2.75) is 104 Å². The van der Waals surface area contributed by atoms with E-state index in [4.69, 9.17) is 9.26 Å². The highest BCUT2D eigenvalue weighted by Crippen LogP contribution is 2.42. The van der Waals surface area contributed by atoms with Crippen molar-refractivity contribution in [1.82, 2.24) is 20.4 Å².